The van der Waals surface area contributed by atoms with Crippen LogP contribution in [0, 0.1) is 0 Å². The lowest BCUT2D eigenvalue weighted by Crippen LogP contribution is -2.24. The van der Waals surface area contributed by atoms with Crippen molar-refractivity contribution in [2.24, 2.45) is 7.05 Å². The van der Waals surface area contributed by atoms with Gasteiger partial charge in [0.1, 0.15) is 0 Å². The molecule has 2 rings (SSSR count). The fraction of sp³-hybridized carbons (Fsp3) is 0.333. The van der Waals surface area contributed by atoms with E-state index in [1.807, 2.05) is 0 Å². The first-order valence-corrected chi connectivity index (χ1v) is 5.75. The molecule has 6 heteroatoms. The molecule has 0 spiro atoms. The number of pyridine rings is 1. The van der Waals surface area contributed by atoms with Crippen molar-refractivity contribution in [1.82, 2.24) is 13.7 Å². The molecular weight excluding hydrogens is 232 g/mol. The van der Waals surface area contributed by atoms with Crippen LogP contribution in [0.15, 0.2) is 40.3 Å². The molecule has 0 fully saturated rings. The number of anilines is 1. The molecule has 0 aromatic carbocycles. The zero-order chi connectivity index (χ0) is 13.1. The summed E-state index contributed by atoms with van der Waals surface area (Å²) in [4.78, 5) is 23.1. The average Bonchev–Trinajstić information content (AvgIpc) is 2.65. The van der Waals surface area contributed by atoms with E-state index in [0.29, 0.717) is 25.2 Å². The van der Waals surface area contributed by atoms with Gasteiger partial charge in [-0.2, -0.15) is 0 Å². The van der Waals surface area contributed by atoms with Gasteiger partial charge in [-0.25, -0.2) is 4.79 Å². The molecule has 0 aliphatic heterocycles. The first kappa shape index (κ1) is 12.2. The van der Waals surface area contributed by atoms with Gasteiger partial charge < -0.3 is 14.9 Å². The lowest BCUT2D eigenvalue weighted by atomic mass is 10.3. The zero-order valence-electron chi connectivity index (χ0n) is 10.2. The van der Waals surface area contributed by atoms with Crippen LogP contribution in [0.1, 0.15) is 6.42 Å². The van der Waals surface area contributed by atoms with Gasteiger partial charge in [0.15, 0.2) is 0 Å². The summed E-state index contributed by atoms with van der Waals surface area (Å²) in [7, 11) is 1.71. The maximum Gasteiger partial charge on any atom is 0.327 e. The number of imidazole rings is 1. The Labute approximate surface area is 104 Å². The van der Waals surface area contributed by atoms with Crippen LogP contribution in [0.4, 0.5) is 5.69 Å². The minimum absolute atomic E-state index is 0.0464. The Bertz CT molecular complexity index is 651. The van der Waals surface area contributed by atoms with E-state index in [-0.39, 0.29) is 11.2 Å². The van der Waals surface area contributed by atoms with Gasteiger partial charge in [0, 0.05) is 50.5 Å². The van der Waals surface area contributed by atoms with Crippen LogP contribution in [0.25, 0.3) is 0 Å². The molecule has 0 saturated carbocycles. The van der Waals surface area contributed by atoms with E-state index in [1.54, 1.807) is 40.8 Å². The Morgan fingerprint density at radius 3 is 2.50 bits per heavy atom. The highest BCUT2D eigenvalue weighted by Gasteiger charge is 2.00. The average molecular weight is 248 g/mol. The largest absolute Gasteiger partial charge is 0.398 e. The van der Waals surface area contributed by atoms with E-state index < -0.39 is 0 Å². The van der Waals surface area contributed by atoms with Gasteiger partial charge >= 0.3 is 5.69 Å². The molecule has 2 N–H and O–H groups in total. The number of hydrogen-bond donors (Lipinski definition) is 1. The highest BCUT2D eigenvalue weighted by molar-refractivity contribution is 5.33. The number of rotatable bonds is 4. The summed E-state index contributed by atoms with van der Waals surface area (Å²) in [6, 6.07) is 3.03. The third-order valence-corrected chi connectivity index (χ3v) is 2.82. The van der Waals surface area contributed by atoms with Crippen LogP contribution in [0.2, 0.25) is 0 Å². The molecule has 0 saturated heterocycles. The predicted octanol–water partition coefficient (Wildman–Crippen LogP) is 0.0210. The minimum Gasteiger partial charge on any atom is -0.398 e. The molecular formula is C12H16N4O2. The summed E-state index contributed by atoms with van der Waals surface area (Å²) < 4.78 is 4.70. The first-order valence-electron chi connectivity index (χ1n) is 5.75. The number of aryl methyl sites for hydroxylation is 3. The van der Waals surface area contributed by atoms with Gasteiger partial charge in [0.2, 0.25) is 0 Å². The summed E-state index contributed by atoms with van der Waals surface area (Å²) in [6.45, 7) is 1.13. The highest BCUT2D eigenvalue weighted by Crippen LogP contribution is 1.98. The third kappa shape index (κ3) is 2.53. The van der Waals surface area contributed by atoms with Crippen LogP contribution < -0.4 is 17.0 Å². The molecule has 2 aromatic rings. The summed E-state index contributed by atoms with van der Waals surface area (Å²) >= 11 is 0. The summed E-state index contributed by atoms with van der Waals surface area (Å²) in [5, 5.41) is 0. The van der Waals surface area contributed by atoms with Gasteiger partial charge in [-0.15, -0.1) is 0 Å². The lowest BCUT2D eigenvalue weighted by Gasteiger charge is -2.06. The van der Waals surface area contributed by atoms with E-state index in [9.17, 15) is 9.59 Å². The Kier molecular flexibility index (Phi) is 3.36. The Morgan fingerprint density at radius 1 is 1.11 bits per heavy atom. The maximum absolute atomic E-state index is 11.6. The number of nitrogens with two attached hydrogens (primary N) is 1. The fourth-order valence-electron chi connectivity index (χ4n) is 1.82. The first-order chi connectivity index (χ1) is 8.58. The molecule has 0 unspecified atom stereocenters. The van der Waals surface area contributed by atoms with Crippen molar-refractivity contribution in [3.63, 3.8) is 0 Å². The fourth-order valence-corrected chi connectivity index (χ4v) is 1.82. The van der Waals surface area contributed by atoms with Crippen molar-refractivity contribution in [3.8, 4) is 0 Å². The highest BCUT2D eigenvalue weighted by atomic mass is 16.1. The molecule has 18 heavy (non-hydrogen) atoms. The van der Waals surface area contributed by atoms with Gasteiger partial charge in [-0.05, 0) is 12.5 Å². The normalized spacial score (nSPS) is 10.7. The number of aromatic nitrogens is 3. The molecule has 2 aromatic heterocycles. The van der Waals surface area contributed by atoms with E-state index >= 15 is 0 Å². The molecule has 6 nitrogen and oxygen atoms in total. The second-order valence-electron chi connectivity index (χ2n) is 4.23. The van der Waals surface area contributed by atoms with Crippen LogP contribution in [-0.4, -0.2) is 13.7 Å². The van der Waals surface area contributed by atoms with E-state index in [2.05, 4.69) is 0 Å². The molecule has 0 aliphatic rings. The Balaban J connectivity index is 2.01. The lowest BCUT2D eigenvalue weighted by molar-refractivity contribution is 0.539. The number of nitrogen functional groups attached to an aromatic ring is 1. The Morgan fingerprint density at radius 2 is 1.83 bits per heavy atom. The quantitative estimate of drug-likeness (QED) is 0.829. The number of hydrogen-bond acceptors (Lipinski definition) is 3. The summed E-state index contributed by atoms with van der Waals surface area (Å²) in [5.41, 5.74) is 6.06. The van der Waals surface area contributed by atoms with Crippen molar-refractivity contribution < 1.29 is 0 Å². The van der Waals surface area contributed by atoms with E-state index in [0.717, 1.165) is 0 Å². The molecule has 0 radical (unpaired) electrons. The summed E-state index contributed by atoms with van der Waals surface area (Å²) in [5.74, 6) is 0. The van der Waals surface area contributed by atoms with Crippen molar-refractivity contribution in [1.29, 1.82) is 0 Å². The van der Waals surface area contributed by atoms with Crippen molar-refractivity contribution in [2.75, 3.05) is 5.73 Å². The van der Waals surface area contributed by atoms with Crippen molar-refractivity contribution in [2.45, 2.75) is 19.5 Å². The third-order valence-electron chi connectivity index (χ3n) is 2.82. The van der Waals surface area contributed by atoms with Crippen LogP contribution in [0.5, 0.6) is 0 Å². The van der Waals surface area contributed by atoms with E-state index in [1.165, 1.54) is 10.6 Å². The van der Waals surface area contributed by atoms with Crippen molar-refractivity contribution >= 4 is 5.69 Å². The second kappa shape index (κ2) is 4.95. The minimum atomic E-state index is -0.0791. The molecule has 2 heterocycles. The monoisotopic (exact) mass is 248 g/mol. The smallest absolute Gasteiger partial charge is 0.327 e. The SMILES string of the molecule is Cn1ccn(CCCn2cc(N)ccc2=O)c1=O. The predicted molar refractivity (Wildman–Crippen MR) is 69.4 cm³/mol. The molecule has 0 atom stereocenters. The van der Waals surface area contributed by atoms with Gasteiger partial charge in [-0.1, -0.05) is 0 Å². The maximum atomic E-state index is 11.6. The zero-order valence-corrected chi connectivity index (χ0v) is 10.2. The van der Waals surface area contributed by atoms with Crippen LogP contribution in [0.3, 0.4) is 0 Å². The standard InChI is InChI=1S/C12H16N4O2/c1-14-7-8-15(12(14)18)5-2-6-16-9-10(13)3-4-11(16)17/h3-4,7-9H,2,5-6,13H2,1H3. The number of nitrogens with zero attached hydrogens (tertiary/aromatic N) is 3. The molecule has 0 amide bonds. The second-order valence-corrected chi connectivity index (χ2v) is 4.23. The Hall–Kier alpha value is -2.24. The topological polar surface area (TPSA) is 75.0 Å². The van der Waals surface area contributed by atoms with Crippen molar-refractivity contribution in [3.05, 3.63) is 51.6 Å². The summed E-state index contributed by atoms with van der Waals surface area (Å²) in [6.07, 6.45) is 5.78. The van der Waals surface area contributed by atoms with Gasteiger partial charge in [0.25, 0.3) is 5.56 Å². The molecule has 0 aliphatic carbocycles. The van der Waals surface area contributed by atoms with Crippen LogP contribution >= 0.6 is 0 Å². The van der Waals surface area contributed by atoms with Crippen LogP contribution in [-0.2, 0) is 20.1 Å². The molecule has 96 valence electrons. The van der Waals surface area contributed by atoms with Gasteiger partial charge in [-0.3, -0.25) is 9.36 Å². The van der Waals surface area contributed by atoms with E-state index in [4.69, 9.17) is 5.73 Å². The molecule has 0 bridgehead atoms. The van der Waals surface area contributed by atoms with Gasteiger partial charge in [0.05, 0.1) is 0 Å².